The molecule has 1 radical (unpaired) electrons. The fraction of sp³-hybridized carbons (Fsp3) is 0.579. The minimum Gasteiger partial charge on any atom is -0.872 e. The van der Waals surface area contributed by atoms with E-state index >= 15 is 0 Å². The van der Waals surface area contributed by atoms with Crippen LogP contribution in [0.2, 0.25) is 0 Å². The van der Waals surface area contributed by atoms with Gasteiger partial charge in [0.05, 0.1) is 38.6 Å². The van der Waals surface area contributed by atoms with Crippen LogP contribution in [0.3, 0.4) is 0 Å². The van der Waals surface area contributed by atoms with Crippen LogP contribution < -0.4 is 30.2 Å². The molecular weight excluding hydrogens is 818 g/mol. The van der Waals surface area contributed by atoms with Gasteiger partial charge in [0.15, 0.2) is 0 Å². The molecule has 0 amide bonds. The molecule has 2 heterocycles. The molecule has 0 unspecified atom stereocenters. The fourth-order valence-electron chi connectivity index (χ4n) is 5.87. The number of rotatable bonds is 6. The van der Waals surface area contributed by atoms with Gasteiger partial charge in [0.2, 0.25) is 0 Å². The maximum absolute atomic E-state index is 12.5. The molecule has 4 rings (SSSR count). The first-order valence-electron chi connectivity index (χ1n) is 18.0. The van der Waals surface area contributed by atoms with Crippen LogP contribution in [-0.4, -0.2) is 73.3 Å². The molecule has 0 saturated carbocycles. The standard InChI is InChI=1S/2C17H26N2O2.2C2HF3O2.Cu/c2*1-17(2,3)15-9-13(11-18-21)16(20)14(10-15)12-19-7-5-4-6-8-19;2*3-2(4,5)1(6)7;/h2*9-11,20-21H,4-8,12H2,1-3H3;2*(H,6,7);/q;;;;+2/p-2/b2*18-11+;;;. The van der Waals surface area contributed by atoms with E-state index in [-0.39, 0.29) is 39.4 Å². The molecule has 0 bridgehead atoms. The van der Waals surface area contributed by atoms with Gasteiger partial charge >= 0.3 is 29.4 Å². The van der Waals surface area contributed by atoms with Crippen LogP contribution in [-0.2, 0) is 50.6 Å². The Morgan fingerprint density at radius 2 is 0.877 bits per heavy atom. The van der Waals surface area contributed by atoms with Crippen molar-refractivity contribution >= 4 is 24.4 Å². The molecule has 2 fully saturated rings. The topological polar surface area (TPSA) is 200 Å². The minimum atomic E-state index is -5.19. The van der Waals surface area contributed by atoms with Gasteiger partial charge in [0.25, 0.3) is 0 Å². The maximum atomic E-state index is 12.5. The number of carbonyl (C=O) groups excluding carboxylic acids is 2. The van der Waals surface area contributed by atoms with Crippen molar-refractivity contribution in [1.29, 1.82) is 0 Å². The first-order valence-corrected chi connectivity index (χ1v) is 18.0. The summed E-state index contributed by atoms with van der Waals surface area (Å²) in [5.74, 6) is -6.02. The molecule has 57 heavy (non-hydrogen) atoms. The van der Waals surface area contributed by atoms with Crippen molar-refractivity contribution in [2.24, 2.45) is 10.3 Å². The maximum Gasteiger partial charge on any atom is 2.00 e. The first-order chi connectivity index (χ1) is 25.7. The van der Waals surface area contributed by atoms with Crippen molar-refractivity contribution in [3.8, 4) is 11.5 Å². The third kappa shape index (κ3) is 19.3. The van der Waals surface area contributed by atoms with Crippen LogP contribution in [0.25, 0.3) is 0 Å². The van der Waals surface area contributed by atoms with Crippen LogP contribution in [0.5, 0.6) is 11.5 Å². The summed E-state index contributed by atoms with van der Waals surface area (Å²) in [4.78, 5) is 20.5. The molecule has 0 aliphatic carbocycles. The Bertz CT molecular complexity index is 1510. The van der Waals surface area contributed by atoms with Crippen LogP contribution in [0, 0.1) is 0 Å². The molecule has 2 aromatic rings. The Labute approximate surface area is 339 Å². The SMILES string of the molecule is CC(C)(C)c1cc(/C=N/O)c([O-])c(C[NH+]2CCCCC2)c1.CC(C)(C)c1cc(/C=N/O)c([O-])c(C[NH+]2CCCCC2)c1.O=C([O-])C(F)(F)F.O=C([O-])C(F)(F)F.[Cu+2]. The third-order valence-corrected chi connectivity index (χ3v) is 8.98. The van der Waals surface area contributed by atoms with Crippen molar-refractivity contribution in [1.82, 2.24) is 0 Å². The molecule has 2 aliphatic heterocycles. The molecule has 2 aliphatic rings. The monoisotopic (exact) mass is 869 g/mol. The Kier molecular flexibility index (Phi) is 21.7. The minimum absolute atomic E-state index is 0. The van der Waals surface area contributed by atoms with E-state index in [1.807, 2.05) is 24.3 Å². The summed E-state index contributed by atoms with van der Waals surface area (Å²) in [6, 6.07) is 7.77. The van der Waals surface area contributed by atoms with Gasteiger partial charge in [-0.05, 0) is 82.7 Å². The number of benzene rings is 2. The van der Waals surface area contributed by atoms with Crippen LogP contribution in [0.15, 0.2) is 34.6 Å². The predicted molar refractivity (Wildman–Crippen MR) is 187 cm³/mol. The number of alkyl halides is 6. The number of carboxylic acid groups (broad SMARTS) is 2. The zero-order valence-electron chi connectivity index (χ0n) is 32.8. The summed E-state index contributed by atoms with van der Waals surface area (Å²) in [6.45, 7) is 18.9. The predicted octanol–water partition coefficient (Wildman–Crippen LogP) is 1.46. The van der Waals surface area contributed by atoms with Crippen LogP contribution >= 0.6 is 0 Å². The molecule has 2 aromatic carbocycles. The van der Waals surface area contributed by atoms with Gasteiger partial charge in [-0.15, -0.1) is 0 Å². The second kappa shape index (κ2) is 23.4. The molecule has 12 nitrogen and oxygen atoms in total. The Hall–Kier alpha value is -4.06. The number of piperidine rings is 2. The molecule has 0 aromatic heterocycles. The van der Waals surface area contributed by atoms with Gasteiger partial charge in [-0.25, -0.2) is 0 Å². The van der Waals surface area contributed by atoms with Gasteiger partial charge in [-0.1, -0.05) is 87.6 Å². The number of likely N-dealkylation sites (tertiary alicyclic amines) is 2. The van der Waals surface area contributed by atoms with Gasteiger partial charge in [0.1, 0.15) is 25.0 Å². The Balaban J connectivity index is 0.000000819. The quantitative estimate of drug-likeness (QED) is 0.110. The second-order valence-electron chi connectivity index (χ2n) is 15.6. The van der Waals surface area contributed by atoms with E-state index in [1.54, 1.807) is 0 Å². The number of nitrogens with one attached hydrogen (secondary N) is 2. The van der Waals surface area contributed by atoms with Crippen molar-refractivity contribution in [2.75, 3.05) is 26.2 Å². The van der Waals surface area contributed by atoms with E-state index in [1.165, 1.54) is 60.8 Å². The van der Waals surface area contributed by atoms with Crippen LogP contribution in [0.1, 0.15) is 113 Å². The molecule has 2 saturated heterocycles. The third-order valence-electron chi connectivity index (χ3n) is 8.98. The van der Waals surface area contributed by atoms with E-state index in [9.17, 15) is 36.6 Å². The summed E-state index contributed by atoms with van der Waals surface area (Å²) in [6.07, 6.45) is -0.294. The second-order valence-corrected chi connectivity index (χ2v) is 15.6. The van der Waals surface area contributed by atoms with Gasteiger partial charge in [-0.2, -0.15) is 26.3 Å². The summed E-state index contributed by atoms with van der Waals surface area (Å²) >= 11 is 0. The number of aliphatic carboxylic acids is 2. The van der Waals surface area contributed by atoms with Crippen molar-refractivity contribution < 1.29 is 93.6 Å². The number of halogens is 6. The largest absolute Gasteiger partial charge is 2.00 e. The molecule has 325 valence electrons. The number of carboxylic acids is 2. The first kappa shape index (κ1) is 52.9. The molecule has 0 atom stereocenters. The number of hydrogen-bond acceptors (Lipinski definition) is 10. The van der Waals surface area contributed by atoms with E-state index in [0.717, 1.165) is 61.5 Å². The van der Waals surface area contributed by atoms with E-state index in [2.05, 4.69) is 51.9 Å². The van der Waals surface area contributed by atoms with E-state index < -0.39 is 24.3 Å². The number of carbonyl (C=O) groups is 2. The van der Waals surface area contributed by atoms with Gasteiger partial charge in [0, 0.05) is 0 Å². The Morgan fingerprint density at radius 3 is 1.09 bits per heavy atom. The van der Waals surface area contributed by atoms with Crippen molar-refractivity contribution in [2.45, 2.75) is 116 Å². The summed E-state index contributed by atoms with van der Waals surface area (Å²) in [5, 5.41) is 66.2. The van der Waals surface area contributed by atoms with Gasteiger partial charge < -0.3 is 50.2 Å². The zero-order valence-corrected chi connectivity index (χ0v) is 33.7. The molecule has 19 heteroatoms. The van der Waals surface area contributed by atoms with Crippen molar-refractivity contribution in [3.63, 3.8) is 0 Å². The zero-order chi connectivity index (χ0) is 43.1. The van der Waals surface area contributed by atoms with E-state index in [0.29, 0.717) is 11.1 Å². The number of oxime groups is 2. The van der Waals surface area contributed by atoms with E-state index in [4.69, 9.17) is 30.2 Å². The molecule has 0 spiro atoms. The molecular formula is C38H52CuF6N4O8. The summed E-state index contributed by atoms with van der Waals surface area (Å²) in [7, 11) is 0. The summed E-state index contributed by atoms with van der Waals surface area (Å²) < 4.78 is 63.1. The number of hydrogen-bond donors (Lipinski definition) is 4. The normalized spacial score (nSPS) is 15.6. The average molecular weight is 870 g/mol. The number of nitrogens with zero attached hydrogens (tertiary/aromatic N) is 2. The van der Waals surface area contributed by atoms with Gasteiger partial charge in [-0.3, -0.25) is 0 Å². The number of quaternary nitrogens is 2. The fourth-order valence-corrected chi connectivity index (χ4v) is 5.87. The smallest absolute Gasteiger partial charge is 0.872 e. The average Bonchev–Trinajstić information content (AvgIpc) is 3.08. The summed E-state index contributed by atoms with van der Waals surface area (Å²) in [5.41, 5.74) is 4.82. The Morgan fingerprint density at radius 1 is 0.614 bits per heavy atom. The van der Waals surface area contributed by atoms with Crippen molar-refractivity contribution in [3.05, 3.63) is 57.6 Å². The van der Waals surface area contributed by atoms with Crippen LogP contribution in [0.4, 0.5) is 26.3 Å². The molecule has 4 N–H and O–H groups in total.